The molecule has 0 bridgehead atoms. The van der Waals surface area contributed by atoms with Crippen molar-refractivity contribution in [1.82, 2.24) is 15.1 Å². The van der Waals surface area contributed by atoms with E-state index in [4.69, 9.17) is 9.26 Å². The number of hydrogen-bond acceptors (Lipinski definition) is 7. The van der Waals surface area contributed by atoms with Gasteiger partial charge in [0, 0.05) is 6.42 Å². The van der Waals surface area contributed by atoms with Gasteiger partial charge in [-0.2, -0.15) is 4.98 Å². The first-order chi connectivity index (χ1) is 11.7. The maximum Gasteiger partial charge on any atom is 0.328 e. The zero-order valence-corrected chi connectivity index (χ0v) is 13.5. The monoisotopic (exact) mass is 326 g/mol. The molecule has 24 heavy (non-hydrogen) atoms. The molecule has 0 aliphatic rings. The van der Waals surface area contributed by atoms with Gasteiger partial charge in [0.05, 0.1) is 12.3 Å². The normalized spacial score (nSPS) is 12.1. The molecule has 7 nitrogen and oxygen atoms in total. The van der Waals surface area contributed by atoms with Crippen LogP contribution in [-0.2, 0) is 16.0 Å². The number of ether oxygens (including phenoxy) is 1. The van der Waals surface area contributed by atoms with Gasteiger partial charge in [0.25, 0.3) is 5.71 Å². The number of rotatable bonds is 6. The predicted molar refractivity (Wildman–Crippen MR) is 88.5 cm³/mol. The van der Waals surface area contributed by atoms with Crippen molar-refractivity contribution < 1.29 is 14.1 Å². The fourth-order valence-corrected chi connectivity index (χ4v) is 2.48. The third-order valence-electron chi connectivity index (χ3n) is 3.61. The van der Waals surface area contributed by atoms with E-state index >= 15 is 0 Å². The Morgan fingerprint density at radius 1 is 1.29 bits per heavy atom. The van der Waals surface area contributed by atoms with Crippen LogP contribution in [0, 0.1) is 6.92 Å². The lowest BCUT2D eigenvalue weighted by atomic mass is 10.1. The van der Waals surface area contributed by atoms with Gasteiger partial charge in [-0.1, -0.05) is 35.5 Å². The average Bonchev–Trinajstić information content (AvgIpc) is 2.98. The molecule has 0 spiro atoms. The van der Waals surface area contributed by atoms with Crippen molar-refractivity contribution in [2.75, 3.05) is 11.9 Å². The van der Waals surface area contributed by atoms with E-state index in [1.807, 2.05) is 30.3 Å². The van der Waals surface area contributed by atoms with Crippen molar-refractivity contribution in [2.45, 2.75) is 26.3 Å². The van der Waals surface area contributed by atoms with Gasteiger partial charge < -0.3 is 14.6 Å². The molecule has 7 heteroatoms. The Morgan fingerprint density at radius 3 is 2.83 bits per heavy atom. The number of nitrogens with one attached hydrogen (secondary N) is 1. The molecule has 1 aromatic carbocycles. The van der Waals surface area contributed by atoms with E-state index in [2.05, 4.69) is 20.4 Å². The minimum Gasteiger partial charge on any atom is -0.464 e. The number of nitrogens with zero attached hydrogens (tertiary/aromatic N) is 3. The van der Waals surface area contributed by atoms with Crippen LogP contribution in [0.4, 0.5) is 5.82 Å². The Labute approximate surface area is 139 Å². The molecule has 0 saturated heterocycles. The maximum atomic E-state index is 12.3. The van der Waals surface area contributed by atoms with E-state index in [0.717, 1.165) is 5.56 Å². The Hall–Kier alpha value is -2.96. The highest BCUT2D eigenvalue weighted by Crippen LogP contribution is 2.23. The maximum absolute atomic E-state index is 12.3. The fraction of sp³-hybridized carbons (Fsp3) is 0.294. The second-order valence-electron chi connectivity index (χ2n) is 5.31. The van der Waals surface area contributed by atoms with Crippen molar-refractivity contribution >= 4 is 22.9 Å². The van der Waals surface area contributed by atoms with Crippen LogP contribution in [0.3, 0.4) is 0 Å². The summed E-state index contributed by atoms with van der Waals surface area (Å²) in [5.74, 6) is 0.176. The summed E-state index contributed by atoms with van der Waals surface area (Å²) in [6.45, 7) is 3.90. The lowest BCUT2D eigenvalue weighted by molar-refractivity contribution is -0.144. The van der Waals surface area contributed by atoms with Crippen molar-refractivity contribution in [3.63, 3.8) is 0 Å². The number of carbonyl (C=O) groups excluding carboxylic acids is 1. The summed E-state index contributed by atoms with van der Waals surface area (Å²) in [6, 6.07) is 9.17. The molecule has 0 aliphatic carbocycles. The lowest BCUT2D eigenvalue weighted by Gasteiger charge is -2.18. The average molecular weight is 326 g/mol. The molecule has 0 fully saturated rings. The van der Waals surface area contributed by atoms with Gasteiger partial charge in [-0.05, 0) is 19.4 Å². The largest absolute Gasteiger partial charge is 0.464 e. The van der Waals surface area contributed by atoms with Gasteiger partial charge >= 0.3 is 5.97 Å². The van der Waals surface area contributed by atoms with E-state index in [1.165, 1.54) is 6.33 Å². The van der Waals surface area contributed by atoms with Gasteiger partial charge in [-0.25, -0.2) is 9.78 Å². The number of hydrogen-bond donors (Lipinski definition) is 1. The number of aryl methyl sites for hydroxylation is 1. The smallest absolute Gasteiger partial charge is 0.328 e. The molecule has 0 aliphatic heterocycles. The molecule has 2 heterocycles. The first kappa shape index (κ1) is 15.9. The van der Waals surface area contributed by atoms with Crippen LogP contribution < -0.4 is 5.32 Å². The summed E-state index contributed by atoms with van der Waals surface area (Å²) < 4.78 is 10.3. The molecular weight excluding hydrogens is 308 g/mol. The topological polar surface area (TPSA) is 90.1 Å². The molecule has 0 amide bonds. The third-order valence-corrected chi connectivity index (χ3v) is 3.61. The van der Waals surface area contributed by atoms with E-state index < -0.39 is 6.04 Å². The molecular formula is C17H18N4O3. The van der Waals surface area contributed by atoms with Crippen LogP contribution in [0.2, 0.25) is 0 Å². The molecule has 3 aromatic rings. The van der Waals surface area contributed by atoms with Crippen LogP contribution in [0.25, 0.3) is 11.1 Å². The Balaban J connectivity index is 1.90. The number of benzene rings is 1. The summed E-state index contributed by atoms with van der Waals surface area (Å²) in [5.41, 5.74) is 2.07. The van der Waals surface area contributed by atoms with Gasteiger partial charge in [-0.3, -0.25) is 0 Å². The Kier molecular flexibility index (Phi) is 4.69. The van der Waals surface area contributed by atoms with Crippen LogP contribution in [-0.4, -0.2) is 33.7 Å². The molecule has 1 atom stereocenters. The van der Waals surface area contributed by atoms with Crippen molar-refractivity contribution in [3.8, 4) is 0 Å². The van der Waals surface area contributed by atoms with Gasteiger partial charge in [0.15, 0.2) is 0 Å². The number of anilines is 1. The zero-order chi connectivity index (χ0) is 16.9. The lowest BCUT2D eigenvalue weighted by Crippen LogP contribution is -2.34. The second-order valence-corrected chi connectivity index (χ2v) is 5.31. The Bertz CT molecular complexity index is 832. The van der Waals surface area contributed by atoms with Crippen molar-refractivity contribution in [1.29, 1.82) is 0 Å². The standard InChI is InChI=1S/C17H18N4O3/c1-3-23-17(22)13(9-12-7-5-4-6-8-12)20-15-14-11(2)21-24-16(14)19-10-18-15/h4-8,10,13H,3,9H2,1-2H3,(H,18,19,20). The number of aromatic nitrogens is 3. The minimum absolute atomic E-state index is 0.317. The van der Waals surface area contributed by atoms with Gasteiger partial charge in [0.2, 0.25) is 0 Å². The molecule has 0 saturated carbocycles. The number of esters is 1. The van der Waals surface area contributed by atoms with E-state index in [-0.39, 0.29) is 5.97 Å². The van der Waals surface area contributed by atoms with Crippen molar-refractivity contribution in [2.24, 2.45) is 0 Å². The molecule has 0 radical (unpaired) electrons. The minimum atomic E-state index is -0.570. The molecule has 124 valence electrons. The molecule has 1 unspecified atom stereocenters. The van der Waals surface area contributed by atoms with Gasteiger partial charge in [0.1, 0.15) is 23.6 Å². The first-order valence-electron chi connectivity index (χ1n) is 7.73. The summed E-state index contributed by atoms with van der Waals surface area (Å²) >= 11 is 0. The fourth-order valence-electron chi connectivity index (χ4n) is 2.48. The molecule has 3 rings (SSSR count). The van der Waals surface area contributed by atoms with Crippen LogP contribution in [0.5, 0.6) is 0 Å². The van der Waals surface area contributed by atoms with E-state index in [9.17, 15) is 4.79 Å². The highest BCUT2D eigenvalue weighted by molar-refractivity contribution is 5.90. The van der Waals surface area contributed by atoms with Crippen LogP contribution in [0.1, 0.15) is 18.2 Å². The first-order valence-corrected chi connectivity index (χ1v) is 7.73. The van der Waals surface area contributed by atoms with E-state index in [1.54, 1.807) is 13.8 Å². The predicted octanol–water partition coefficient (Wildman–Crippen LogP) is 2.51. The number of carbonyl (C=O) groups is 1. The summed E-state index contributed by atoms with van der Waals surface area (Å²) in [4.78, 5) is 20.6. The summed E-state index contributed by atoms with van der Waals surface area (Å²) in [5, 5.41) is 7.72. The van der Waals surface area contributed by atoms with Crippen molar-refractivity contribution in [3.05, 3.63) is 47.9 Å². The van der Waals surface area contributed by atoms with Crippen LogP contribution >= 0.6 is 0 Å². The van der Waals surface area contributed by atoms with Crippen LogP contribution in [0.15, 0.2) is 41.2 Å². The van der Waals surface area contributed by atoms with E-state index in [0.29, 0.717) is 35.6 Å². The summed E-state index contributed by atoms with van der Waals surface area (Å²) in [7, 11) is 0. The summed E-state index contributed by atoms with van der Waals surface area (Å²) in [6.07, 6.45) is 1.86. The zero-order valence-electron chi connectivity index (χ0n) is 13.5. The highest BCUT2D eigenvalue weighted by Gasteiger charge is 2.23. The molecule has 1 N–H and O–H groups in total. The highest BCUT2D eigenvalue weighted by atomic mass is 16.5. The number of fused-ring (bicyclic) bond motifs is 1. The second kappa shape index (κ2) is 7.08. The SMILES string of the molecule is CCOC(=O)C(Cc1ccccc1)Nc1ncnc2onc(C)c12. The molecule has 2 aromatic heterocycles. The van der Waals surface area contributed by atoms with Gasteiger partial charge in [-0.15, -0.1) is 0 Å². The Morgan fingerprint density at radius 2 is 2.08 bits per heavy atom. The third kappa shape index (κ3) is 3.34. The quantitative estimate of drug-likeness (QED) is 0.696.